The van der Waals surface area contributed by atoms with Crippen molar-refractivity contribution in [1.29, 1.82) is 0 Å². The highest BCUT2D eigenvalue weighted by Crippen LogP contribution is 2.21. The lowest BCUT2D eigenvalue weighted by atomic mass is 10.2. The van der Waals surface area contributed by atoms with E-state index in [1.54, 1.807) is 19.2 Å². The van der Waals surface area contributed by atoms with Gasteiger partial charge in [-0.15, -0.1) is 0 Å². The number of anilines is 2. The molecule has 1 aromatic carbocycles. The van der Waals surface area contributed by atoms with E-state index in [2.05, 4.69) is 15.5 Å². The van der Waals surface area contributed by atoms with Gasteiger partial charge in [-0.1, -0.05) is 12.1 Å². The molecule has 2 rings (SSSR count). The summed E-state index contributed by atoms with van der Waals surface area (Å²) in [4.78, 5) is 16.5. The molecule has 22 heavy (non-hydrogen) atoms. The van der Waals surface area contributed by atoms with E-state index in [0.717, 1.165) is 11.3 Å². The molecule has 0 amide bonds. The second-order valence-corrected chi connectivity index (χ2v) is 4.93. The second-order valence-electron chi connectivity index (χ2n) is 4.93. The Bertz CT molecular complexity index is 696. The Kier molecular flexibility index (Phi) is 4.67. The number of aryl methyl sites for hydroxylation is 1. The number of hydrazone groups is 1. The van der Waals surface area contributed by atoms with Crippen molar-refractivity contribution in [2.75, 3.05) is 24.4 Å². The molecular weight excluding hydrogens is 282 g/mol. The molecule has 2 aromatic rings. The largest absolute Gasteiger partial charge is 0.378 e. The molecule has 1 heterocycles. The lowest BCUT2D eigenvalue weighted by Gasteiger charge is -2.11. The molecule has 1 N–H and O–H groups in total. The maximum Gasteiger partial charge on any atom is 0.313 e. The van der Waals surface area contributed by atoms with Crippen LogP contribution in [0.1, 0.15) is 11.3 Å². The number of nitro groups is 1. The minimum Gasteiger partial charge on any atom is -0.378 e. The number of nitrogens with one attached hydrogen (secondary N) is 1. The smallest absolute Gasteiger partial charge is 0.313 e. The lowest BCUT2D eigenvalue weighted by Crippen LogP contribution is -2.08. The van der Waals surface area contributed by atoms with Crippen LogP contribution in [-0.4, -0.2) is 30.2 Å². The van der Waals surface area contributed by atoms with Crippen LogP contribution in [0.5, 0.6) is 0 Å². The van der Waals surface area contributed by atoms with Gasteiger partial charge in [0.2, 0.25) is 5.82 Å². The van der Waals surface area contributed by atoms with Crippen LogP contribution in [0.15, 0.2) is 41.5 Å². The average Bonchev–Trinajstić information content (AvgIpc) is 2.47. The first-order chi connectivity index (χ1) is 10.5. The molecule has 0 radical (unpaired) electrons. The summed E-state index contributed by atoms with van der Waals surface area (Å²) in [5.74, 6) is 0.131. The van der Waals surface area contributed by atoms with Crippen LogP contribution in [0.25, 0.3) is 0 Å². The first-order valence-corrected chi connectivity index (χ1v) is 6.66. The highest BCUT2D eigenvalue weighted by molar-refractivity contribution is 5.81. The maximum absolute atomic E-state index is 10.9. The molecule has 0 saturated carbocycles. The standard InChI is InChI=1S/C15H17N5O2/c1-11-4-9-14(20(21)22)15(17-11)18-16-10-12-5-7-13(8-6-12)19(2)3/h4-10H,1-3H3,(H,17,18)/b16-10-. The molecular formula is C15H17N5O2. The summed E-state index contributed by atoms with van der Waals surface area (Å²) in [5, 5.41) is 15.0. The van der Waals surface area contributed by atoms with Crippen LogP contribution < -0.4 is 10.3 Å². The molecule has 114 valence electrons. The summed E-state index contributed by atoms with van der Waals surface area (Å²) in [6.07, 6.45) is 1.59. The zero-order valence-corrected chi connectivity index (χ0v) is 12.6. The van der Waals surface area contributed by atoms with Gasteiger partial charge in [0, 0.05) is 31.5 Å². The van der Waals surface area contributed by atoms with Gasteiger partial charge in [0.05, 0.1) is 11.1 Å². The highest BCUT2D eigenvalue weighted by atomic mass is 16.6. The zero-order chi connectivity index (χ0) is 16.1. The topological polar surface area (TPSA) is 83.7 Å². The minimum absolute atomic E-state index is 0.106. The van der Waals surface area contributed by atoms with Crippen molar-refractivity contribution in [3.8, 4) is 0 Å². The molecule has 0 fully saturated rings. The molecule has 0 aliphatic rings. The van der Waals surface area contributed by atoms with E-state index in [-0.39, 0.29) is 11.5 Å². The molecule has 0 spiro atoms. The Balaban J connectivity index is 2.12. The van der Waals surface area contributed by atoms with Gasteiger partial charge in [0.1, 0.15) is 0 Å². The molecule has 0 atom stereocenters. The molecule has 7 heteroatoms. The first kappa shape index (κ1) is 15.4. The van der Waals surface area contributed by atoms with Gasteiger partial charge in [-0.3, -0.25) is 15.5 Å². The van der Waals surface area contributed by atoms with Gasteiger partial charge in [0.15, 0.2) is 0 Å². The third-order valence-electron chi connectivity index (χ3n) is 3.00. The Labute approximate surface area is 128 Å². The predicted molar refractivity (Wildman–Crippen MR) is 87.6 cm³/mol. The fourth-order valence-electron chi connectivity index (χ4n) is 1.81. The van der Waals surface area contributed by atoms with Crippen LogP contribution in [0.4, 0.5) is 17.2 Å². The number of benzene rings is 1. The third kappa shape index (κ3) is 3.78. The van der Waals surface area contributed by atoms with Crippen molar-refractivity contribution in [1.82, 2.24) is 4.98 Å². The van der Waals surface area contributed by atoms with Gasteiger partial charge >= 0.3 is 5.69 Å². The molecule has 1 aromatic heterocycles. The van der Waals surface area contributed by atoms with Crippen molar-refractivity contribution in [3.63, 3.8) is 0 Å². The molecule has 0 saturated heterocycles. The van der Waals surface area contributed by atoms with Gasteiger partial charge in [0.25, 0.3) is 0 Å². The SMILES string of the molecule is Cc1ccc([N+](=O)[O-])c(N/N=C\c2ccc(N(C)C)cc2)n1. The van der Waals surface area contributed by atoms with Gasteiger partial charge in [-0.05, 0) is 30.7 Å². The van der Waals surface area contributed by atoms with Crippen LogP contribution in [0.2, 0.25) is 0 Å². The Hall–Kier alpha value is -2.96. The first-order valence-electron chi connectivity index (χ1n) is 6.66. The van der Waals surface area contributed by atoms with E-state index in [0.29, 0.717) is 5.69 Å². The number of aromatic nitrogens is 1. The third-order valence-corrected chi connectivity index (χ3v) is 3.00. The summed E-state index contributed by atoms with van der Waals surface area (Å²) in [7, 11) is 3.93. The van der Waals surface area contributed by atoms with E-state index in [4.69, 9.17) is 0 Å². The number of pyridine rings is 1. The number of hydrogen-bond donors (Lipinski definition) is 1. The normalized spacial score (nSPS) is 10.7. The quantitative estimate of drug-likeness (QED) is 0.521. The average molecular weight is 299 g/mol. The van der Waals surface area contributed by atoms with Crippen molar-refractivity contribution >= 4 is 23.4 Å². The summed E-state index contributed by atoms with van der Waals surface area (Å²) in [6.45, 7) is 1.76. The molecule has 0 aliphatic heterocycles. The van der Waals surface area contributed by atoms with Crippen LogP contribution in [0, 0.1) is 17.0 Å². The molecule has 0 aliphatic carbocycles. The van der Waals surface area contributed by atoms with E-state index < -0.39 is 4.92 Å². The van der Waals surface area contributed by atoms with E-state index >= 15 is 0 Å². The van der Waals surface area contributed by atoms with E-state index in [9.17, 15) is 10.1 Å². The predicted octanol–water partition coefficient (Wildman–Crippen LogP) is 2.81. The fourth-order valence-corrected chi connectivity index (χ4v) is 1.81. The van der Waals surface area contributed by atoms with Crippen molar-refractivity contribution < 1.29 is 4.92 Å². The van der Waals surface area contributed by atoms with E-state index in [1.165, 1.54) is 6.07 Å². The lowest BCUT2D eigenvalue weighted by molar-refractivity contribution is -0.384. The van der Waals surface area contributed by atoms with Crippen molar-refractivity contribution in [2.45, 2.75) is 6.92 Å². The maximum atomic E-state index is 10.9. The van der Waals surface area contributed by atoms with Crippen LogP contribution in [0.3, 0.4) is 0 Å². The number of nitrogens with zero attached hydrogens (tertiary/aromatic N) is 4. The zero-order valence-electron chi connectivity index (χ0n) is 12.6. The highest BCUT2D eigenvalue weighted by Gasteiger charge is 2.14. The molecule has 0 bridgehead atoms. The van der Waals surface area contributed by atoms with Crippen molar-refractivity contribution in [2.24, 2.45) is 5.10 Å². The molecule has 7 nitrogen and oxygen atoms in total. The van der Waals surface area contributed by atoms with Gasteiger partial charge < -0.3 is 4.90 Å². The number of hydrogen-bond acceptors (Lipinski definition) is 6. The summed E-state index contributed by atoms with van der Waals surface area (Å²) < 4.78 is 0. The Morgan fingerprint density at radius 3 is 2.50 bits per heavy atom. The van der Waals surface area contributed by atoms with Gasteiger partial charge in [-0.2, -0.15) is 5.10 Å². The minimum atomic E-state index is -0.490. The Morgan fingerprint density at radius 2 is 1.91 bits per heavy atom. The van der Waals surface area contributed by atoms with Crippen LogP contribution in [-0.2, 0) is 0 Å². The fraction of sp³-hybridized carbons (Fsp3) is 0.200. The monoisotopic (exact) mass is 299 g/mol. The van der Waals surface area contributed by atoms with E-state index in [1.807, 2.05) is 43.3 Å². The number of rotatable bonds is 5. The molecule has 0 unspecified atom stereocenters. The Morgan fingerprint density at radius 1 is 1.23 bits per heavy atom. The van der Waals surface area contributed by atoms with Crippen LogP contribution >= 0.6 is 0 Å². The second kappa shape index (κ2) is 6.66. The van der Waals surface area contributed by atoms with Gasteiger partial charge in [-0.25, -0.2) is 4.98 Å². The summed E-state index contributed by atoms with van der Waals surface area (Å²) in [6, 6.07) is 10.8. The van der Waals surface area contributed by atoms with Crippen molar-refractivity contribution in [3.05, 3.63) is 57.8 Å². The summed E-state index contributed by atoms with van der Waals surface area (Å²) >= 11 is 0. The summed E-state index contributed by atoms with van der Waals surface area (Å²) in [5.41, 5.74) is 5.17.